The van der Waals surface area contributed by atoms with E-state index < -0.39 is 46.3 Å². The number of aromatic nitrogens is 3. The normalized spacial score (nSPS) is 14.9. The SMILES string of the molecule is Cn1c(=O)oc2cc(-n3cc(C(=O)NC#N)c(=O)n(C4CCc5c4cccc5C(F)(F)F)c3=O)ccc21. The van der Waals surface area contributed by atoms with E-state index in [9.17, 15) is 32.3 Å². The fourth-order valence-electron chi connectivity index (χ4n) is 4.74. The van der Waals surface area contributed by atoms with Crippen molar-refractivity contribution in [1.29, 1.82) is 5.26 Å². The molecule has 1 aliphatic rings. The lowest BCUT2D eigenvalue weighted by atomic mass is 10.0. The van der Waals surface area contributed by atoms with Gasteiger partial charge in [0.1, 0.15) is 5.56 Å². The lowest BCUT2D eigenvalue weighted by Crippen LogP contribution is -2.45. The number of alkyl halides is 3. The number of hydrogen-bond acceptors (Lipinski definition) is 6. The highest BCUT2D eigenvalue weighted by Crippen LogP contribution is 2.41. The third kappa shape index (κ3) is 3.74. The van der Waals surface area contributed by atoms with Crippen molar-refractivity contribution in [2.45, 2.75) is 25.1 Å². The van der Waals surface area contributed by atoms with E-state index in [1.807, 2.05) is 5.32 Å². The van der Waals surface area contributed by atoms with Gasteiger partial charge in [-0.3, -0.25) is 28.6 Å². The second-order valence-corrected chi connectivity index (χ2v) is 8.44. The predicted octanol–water partition coefficient (Wildman–Crippen LogP) is 2.21. The number of halogens is 3. The van der Waals surface area contributed by atoms with Crippen LogP contribution in [0.1, 0.15) is 39.5 Å². The summed E-state index contributed by atoms with van der Waals surface area (Å²) < 4.78 is 48.8. The molecule has 0 fully saturated rings. The fourth-order valence-corrected chi connectivity index (χ4v) is 4.74. The van der Waals surface area contributed by atoms with Crippen LogP contribution in [0.5, 0.6) is 0 Å². The largest absolute Gasteiger partial charge is 0.419 e. The van der Waals surface area contributed by atoms with Crippen LogP contribution >= 0.6 is 0 Å². The molecule has 0 bridgehead atoms. The molecule has 4 aromatic rings. The fraction of sp³-hybridized carbons (Fsp3) is 0.208. The third-order valence-electron chi connectivity index (χ3n) is 6.44. The number of carbonyl (C=O) groups is 1. The van der Waals surface area contributed by atoms with Crippen molar-refractivity contribution in [2.24, 2.45) is 7.05 Å². The van der Waals surface area contributed by atoms with Crippen molar-refractivity contribution in [1.82, 2.24) is 19.0 Å². The summed E-state index contributed by atoms with van der Waals surface area (Å²) in [5, 5.41) is 10.7. The number of nitrogens with zero attached hydrogens (tertiary/aromatic N) is 4. The number of oxazole rings is 1. The molecule has 1 aliphatic carbocycles. The average molecular weight is 511 g/mol. The first-order valence-corrected chi connectivity index (χ1v) is 10.9. The second-order valence-electron chi connectivity index (χ2n) is 8.44. The van der Waals surface area contributed by atoms with Gasteiger partial charge in [0, 0.05) is 19.3 Å². The Morgan fingerprint density at radius 3 is 2.65 bits per heavy atom. The van der Waals surface area contributed by atoms with Gasteiger partial charge in [-0.25, -0.2) is 9.59 Å². The quantitative estimate of drug-likeness (QED) is 0.331. The minimum atomic E-state index is -4.63. The maximum atomic E-state index is 13.6. The van der Waals surface area contributed by atoms with Gasteiger partial charge in [-0.05, 0) is 42.2 Å². The number of aryl methyl sites for hydroxylation is 1. The van der Waals surface area contributed by atoms with Crippen LogP contribution < -0.4 is 22.3 Å². The molecule has 37 heavy (non-hydrogen) atoms. The summed E-state index contributed by atoms with van der Waals surface area (Å²) in [6.07, 6.45) is -2.31. The topological polar surface area (TPSA) is 132 Å². The molecule has 1 atom stereocenters. The highest BCUT2D eigenvalue weighted by molar-refractivity contribution is 5.94. The second kappa shape index (κ2) is 8.37. The summed E-state index contributed by atoms with van der Waals surface area (Å²) in [5.74, 6) is -1.74. The molecule has 10 nitrogen and oxygen atoms in total. The highest BCUT2D eigenvalue weighted by Gasteiger charge is 2.38. The summed E-state index contributed by atoms with van der Waals surface area (Å²) in [5.41, 5.74) is -2.64. The number of nitrogens with one attached hydrogen (secondary N) is 1. The lowest BCUT2D eigenvalue weighted by Gasteiger charge is -2.19. The van der Waals surface area contributed by atoms with Crippen LogP contribution in [0, 0.1) is 11.5 Å². The van der Waals surface area contributed by atoms with Crippen molar-refractivity contribution in [3.8, 4) is 11.9 Å². The van der Waals surface area contributed by atoms with Crippen molar-refractivity contribution in [2.75, 3.05) is 0 Å². The van der Waals surface area contributed by atoms with Crippen molar-refractivity contribution in [3.63, 3.8) is 0 Å². The number of carbonyl (C=O) groups excluding carboxylic acids is 1. The zero-order chi connectivity index (χ0) is 26.6. The van der Waals surface area contributed by atoms with Crippen LogP contribution in [0.4, 0.5) is 13.2 Å². The molecule has 0 aliphatic heterocycles. The number of nitriles is 1. The number of benzene rings is 2. The number of fused-ring (bicyclic) bond motifs is 2. The van der Waals surface area contributed by atoms with Gasteiger partial charge in [0.15, 0.2) is 11.8 Å². The standard InChI is InChI=1S/C24H16F3N5O5/c1-30-18-7-5-12(9-19(18)37-23(30)36)31-10-15(20(33)29-11-28)21(34)32(22(31)35)17-8-6-13-14(17)3-2-4-16(13)24(25,26)27/h2-5,7,9-10,17H,6,8H2,1H3,(H,29,33). The summed E-state index contributed by atoms with van der Waals surface area (Å²) in [4.78, 5) is 51.4. The Hall–Kier alpha value is -4.86. The van der Waals surface area contributed by atoms with Crippen LogP contribution in [-0.2, 0) is 19.6 Å². The third-order valence-corrected chi connectivity index (χ3v) is 6.44. The van der Waals surface area contributed by atoms with E-state index >= 15 is 0 Å². The summed E-state index contributed by atoms with van der Waals surface area (Å²) in [7, 11) is 1.48. The van der Waals surface area contributed by atoms with Crippen molar-refractivity contribution >= 4 is 17.0 Å². The van der Waals surface area contributed by atoms with E-state index in [4.69, 9.17) is 9.68 Å². The van der Waals surface area contributed by atoms with Crippen molar-refractivity contribution in [3.05, 3.63) is 96.2 Å². The molecule has 0 radical (unpaired) electrons. The van der Waals surface area contributed by atoms with Gasteiger partial charge in [0.05, 0.1) is 22.8 Å². The molecule has 1 amide bonds. The molecular formula is C24H16F3N5O5. The van der Waals surface area contributed by atoms with E-state index in [1.165, 1.54) is 48.1 Å². The van der Waals surface area contributed by atoms with Crippen LogP contribution in [0.15, 0.2) is 61.4 Å². The molecule has 0 saturated carbocycles. The summed E-state index contributed by atoms with van der Waals surface area (Å²) in [6.45, 7) is 0. The van der Waals surface area contributed by atoms with Crippen LogP contribution in [0.2, 0.25) is 0 Å². The van der Waals surface area contributed by atoms with Crippen LogP contribution in [0.25, 0.3) is 16.8 Å². The summed E-state index contributed by atoms with van der Waals surface area (Å²) in [6, 6.07) is 6.74. The number of amides is 1. The Morgan fingerprint density at radius 1 is 1.19 bits per heavy atom. The highest BCUT2D eigenvalue weighted by atomic mass is 19.4. The molecule has 2 aromatic carbocycles. The van der Waals surface area contributed by atoms with Crippen molar-refractivity contribution < 1.29 is 22.4 Å². The molecule has 0 saturated heterocycles. The van der Waals surface area contributed by atoms with E-state index in [1.54, 1.807) is 0 Å². The Labute approximate surface area is 204 Å². The van der Waals surface area contributed by atoms with Gasteiger partial charge in [0.2, 0.25) is 0 Å². The minimum absolute atomic E-state index is 0.00743. The molecule has 13 heteroatoms. The minimum Gasteiger partial charge on any atom is -0.408 e. The molecule has 1 unspecified atom stereocenters. The smallest absolute Gasteiger partial charge is 0.408 e. The Kier molecular flexibility index (Phi) is 5.40. The first-order valence-electron chi connectivity index (χ1n) is 10.9. The maximum absolute atomic E-state index is 13.6. The summed E-state index contributed by atoms with van der Waals surface area (Å²) >= 11 is 0. The van der Waals surface area contributed by atoms with Crippen LogP contribution in [0.3, 0.4) is 0 Å². The first-order chi connectivity index (χ1) is 17.5. The molecule has 2 heterocycles. The van der Waals surface area contributed by atoms with Gasteiger partial charge in [-0.2, -0.15) is 18.4 Å². The van der Waals surface area contributed by atoms with Gasteiger partial charge in [0.25, 0.3) is 11.5 Å². The van der Waals surface area contributed by atoms with Gasteiger partial charge in [-0.15, -0.1) is 0 Å². The lowest BCUT2D eigenvalue weighted by molar-refractivity contribution is -0.138. The average Bonchev–Trinajstić information content (AvgIpc) is 3.39. The molecule has 188 valence electrons. The zero-order valence-electron chi connectivity index (χ0n) is 19.0. The monoisotopic (exact) mass is 511 g/mol. The molecule has 1 N–H and O–H groups in total. The Bertz CT molecular complexity index is 1820. The Morgan fingerprint density at radius 2 is 1.95 bits per heavy atom. The first kappa shape index (κ1) is 23.9. The van der Waals surface area contributed by atoms with Gasteiger partial charge >= 0.3 is 17.6 Å². The van der Waals surface area contributed by atoms with Gasteiger partial charge in [-0.1, -0.05) is 12.1 Å². The molecular weight excluding hydrogens is 495 g/mol. The van der Waals surface area contributed by atoms with E-state index in [0.29, 0.717) is 5.52 Å². The Balaban J connectivity index is 1.77. The van der Waals surface area contributed by atoms with E-state index in [2.05, 4.69) is 0 Å². The van der Waals surface area contributed by atoms with E-state index in [-0.39, 0.29) is 35.2 Å². The van der Waals surface area contributed by atoms with Crippen LogP contribution in [-0.4, -0.2) is 19.6 Å². The predicted molar refractivity (Wildman–Crippen MR) is 122 cm³/mol. The zero-order valence-corrected chi connectivity index (χ0v) is 19.0. The maximum Gasteiger partial charge on any atom is 0.419 e. The van der Waals surface area contributed by atoms with E-state index in [0.717, 1.165) is 21.4 Å². The molecule has 2 aromatic heterocycles. The number of rotatable bonds is 3. The molecule has 5 rings (SSSR count). The van der Waals surface area contributed by atoms with Gasteiger partial charge < -0.3 is 4.42 Å². The molecule has 0 spiro atoms. The number of hydrogen-bond donors (Lipinski definition) is 1.